The number of alkyl halides is 5. The van der Waals surface area contributed by atoms with Crippen molar-refractivity contribution in [1.82, 2.24) is 24.3 Å². The van der Waals surface area contributed by atoms with Crippen molar-refractivity contribution >= 4 is 34.7 Å². The molecule has 0 saturated carbocycles. The topological polar surface area (TPSA) is 124 Å². The maximum absolute atomic E-state index is 13.6. The van der Waals surface area contributed by atoms with E-state index in [0.717, 1.165) is 0 Å². The molecule has 9 nitrogen and oxygen atoms in total. The number of rotatable bonds is 5. The summed E-state index contributed by atoms with van der Waals surface area (Å²) < 4.78 is 71.8. The molecule has 194 valence electrons. The Bertz CT molecular complexity index is 1570. The fourth-order valence-electron chi connectivity index (χ4n) is 4.22. The Balaban J connectivity index is 1.60. The Morgan fingerprint density at radius 1 is 1.16 bits per heavy atom. The maximum Gasteiger partial charge on any atom is 0.453 e. The molecule has 0 aliphatic carbocycles. The normalized spacial score (nSPS) is 17.9. The minimum Gasteiger partial charge on any atom is -0.449 e. The Morgan fingerprint density at radius 2 is 1.89 bits per heavy atom. The van der Waals surface area contributed by atoms with Gasteiger partial charge in [-0.15, -0.1) is 0 Å². The minimum absolute atomic E-state index is 0.0524. The van der Waals surface area contributed by atoms with E-state index >= 15 is 0 Å². The monoisotopic (exact) mass is 541 g/mol. The first-order valence-corrected chi connectivity index (χ1v) is 11.1. The van der Waals surface area contributed by atoms with Gasteiger partial charge < -0.3 is 19.9 Å². The van der Waals surface area contributed by atoms with Crippen LogP contribution in [0.5, 0.6) is 0 Å². The number of aromatic nitrogens is 5. The maximum atomic E-state index is 13.6. The highest BCUT2D eigenvalue weighted by Crippen LogP contribution is 2.45. The summed E-state index contributed by atoms with van der Waals surface area (Å²) in [6.45, 7) is 3.19. The van der Waals surface area contributed by atoms with Gasteiger partial charge in [0.05, 0.1) is 21.8 Å². The van der Waals surface area contributed by atoms with Crippen molar-refractivity contribution in [2.45, 2.75) is 44.2 Å². The average Bonchev–Trinajstić information content (AvgIpc) is 3.46. The van der Waals surface area contributed by atoms with Gasteiger partial charge in [-0.05, 0) is 19.1 Å². The highest BCUT2D eigenvalue weighted by molar-refractivity contribution is 6.30. The Morgan fingerprint density at radius 3 is 2.54 bits per heavy atom. The molecule has 5 heterocycles. The van der Waals surface area contributed by atoms with Gasteiger partial charge in [-0.1, -0.05) is 11.6 Å². The molecule has 0 spiro atoms. The Kier molecular flexibility index (Phi) is 5.44. The van der Waals surface area contributed by atoms with Crippen molar-refractivity contribution in [3.8, 4) is 11.5 Å². The minimum atomic E-state index is -5.70. The van der Waals surface area contributed by atoms with Gasteiger partial charge in [0, 0.05) is 26.0 Å². The van der Waals surface area contributed by atoms with Crippen LogP contribution in [0.1, 0.15) is 36.3 Å². The number of fused-ring (bicyclic) bond motifs is 2. The molecule has 0 aromatic carbocycles. The summed E-state index contributed by atoms with van der Waals surface area (Å²) in [7, 11) is 0. The number of anilines is 2. The first-order valence-electron chi connectivity index (χ1n) is 10.8. The molecule has 0 fully saturated rings. The standard InChI is InChI=1S/C22H17ClF5N7O2/c1-9-30-12(8-37-9)20(2)14-16(29)32-18(33-17(14)34-19(20)36)15-11-4-3-10(23)7-35(11)13(31-15)5-6-21(24,25)22(26,27)28/h3-4,7-8H,5-6H2,1-2H3,(H3,29,32,33,34,36). The zero-order valence-corrected chi connectivity index (χ0v) is 19.9. The van der Waals surface area contributed by atoms with Crippen molar-refractivity contribution in [1.29, 1.82) is 0 Å². The molecule has 1 atom stereocenters. The molecule has 4 aromatic heterocycles. The van der Waals surface area contributed by atoms with E-state index in [1.807, 2.05) is 0 Å². The number of imidazole rings is 1. The first-order chi connectivity index (χ1) is 17.2. The summed E-state index contributed by atoms with van der Waals surface area (Å²) in [6.07, 6.45) is -5.30. The van der Waals surface area contributed by atoms with E-state index in [2.05, 4.69) is 25.3 Å². The Labute approximate surface area is 209 Å². The summed E-state index contributed by atoms with van der Waals surface area (Å²) in [5.41, 5.74) is 5.78. The van der Waals surface area contributed by atoms with E-state index in [1.165, 1.54) is 29.0 Å². The van der Waals surface area contributed by atoms with Crippen LogP contribution in [0, 0.1) is 6.92 Å². The third kappa shape index (κ3) is 3.86. The molecule has 0 radical (unpaired) electrons. The van der Waals surface area contributed by atoms with Gasteiger partial charge in [-0.3, -0.25) is 4.79 Å². The van der Waals surface area contributed by atoms with Gasteiger partial charge >= 0.3 is 12.1 Å². The lowest BCUT2D eigenvalue weighted by Crippen LogP contribution is -2.36. The van der Waals surface area contributed by atoms with Crippen LogP contribution in [0.4, 0.5) is 33.6 Å². The van der Waals surface area contributed by atoms with Crippen LogP contribution in [-0.4, -0.2) is 42.3 Å². The van der Waals surface area contributed by atoms with Crippen molar-refractivity contribution in [2.75, 3.05) is 11.1 Å². The average molecular weight is 542 g/mol. The van der Waals surface area contributed by atoms with Gasteiger partial charge in [0.1, 0.15) is 34.8 Å². The predicted molar refractivity (Wildman–Crippen MR) is 121 cm³/mol. The lowest BCUT2D eigenvalue weighted by Gasteiger charge is -2.19. The number of nitrogens with zero attached hydrogens (tertiary/aromatic N) is 5. The number of pyridine rings is 1. The van der Waals surface area contributed by atoms with Gasteiger partial charge in [0.15, 0.2) is 11.7 Å². The summed E-state index contributed by atoms with van der Waals surface area (Å²) in [6, 6.07) is 2.97. The molecular weight excluding hydrogens is 525 g/mol. The van der Waals surface area contributed by atoms with E-state index in [4.69, 9.17) is 21.8 Å². The van der Waals surface area contributed by atoms with Crippen molar-refractivity contribution in [3.05, 3.63) is 52.6 Å². The summed E-state index contributed by atoms with van der Waals surface area (Å²) >= 11 is 6.03. The predicted octanol–water partition coefficient (Wildman–Crippen LogP) is 4.71. The highest BCUT2D eigenvalue weighted by Gasteiger charge is 2.56. The number of hydrogen-bond acceptors (Lipinski definition) is 7. The molecule has 3 N–H and O–H groups in total. The molecule has 1 aliphatic heterocycles. The molecular formula is C22H17ClF5N7O2. The van der Waals surface area contributed by atoms with Crippen LogP contribution in [0.15, 0.2) is 29.0 Å². The van der Waals surface area contributed by atoms with Gasteiger partial charge in [-0.25, -0.2) is 19.9 Å². The third-order valence-electron chi connectivity index (χ3n) is 6.22. The summed E-state index contributed by atoms with van der Waals surface area (Å²) in [4.78, 5) is 30.1. The lowest BCUT2D eigenvalue weighted by atomic mass is 9.81. The number of nitrogens with one attached hydrogen (secondary N) is 1. The Hall–Kier alpha value is -3.81. The zero-order valence-electron chi connectivity index (χ0n) is 19.1. The molecule has 15 heteroatoms. The highest BCUT2D eigenvalue weighted by atomic mass is 35.5. The number of halogens is 6. The molecule has 4 aromatic rings. The number of carbonyl (C=O) groups is 1. The number of carbonyl (C=O) groups excluding carboxylic acids is 1. The van der Waals surface area contributed by atoms with E-state index in [0.29, 0.717) is 11.6 Å². The quantitative estimate of drug-likeness (QED) is 0.351. The smallest absolute Gasteiger partial charge is 0.449 e. The second-order valence-corrected chi connectivity index (χ2v) is 9.10. The molecule has 1 amide bonds. The van der Waals surface area contributed by atoms with Gasteiger partial charge in [-0.2, -0.15) is 22.0 Å². The number of hydrogen-bond donors (Lipinski definition) is 2. The lowest BCUT2D eigenvalue weighted by molar-refractivity contribution is -0.284. The van der Waals surface area contributed by atoms with Crippen molar-refractivity contribution < 1.29 is 31.2 Å². The molecule has 37 heavy (non-hydrogen) atoms. The largest absolute Gasteiger partial charge is 0.453 e. The molecule has 1 aliphatic rings. The number of nitrogen functional groups attached to an aromatic ring is 1. The van der Waals surface area contributed by atoms with Crippen LogP contribution in [0.25, 0.3) is 17.0 Å². The second kappa shape index (κ2) is 8.10. The molecule has 5 rings (SSSR count). The van der Waals surface area contributed by atoms with Crippen molar-refractivity contribution in [2.24, 2.45) is 0 Å². The summed E-state index contributed by atoms with van der Waals surface area (Å²) in [5, 5.41) is 2.84. The van der Waals surface area contributed by atoms with Crippen LogP contribution in [-0.2, 0) is 16.6 Å². The number of aryl methyl sites for hydroxylation is 2. The number of amides is 1. The summed E-state index contributed by atoms with van der Waals surface area (Å²) in [5.74, 6) is -5.26. The fourth-order valence-corrected chi connectivity index (χ4v) is 4.38. The van der Waals surface area contributed by atoms with E-state index in [9.17, 15) is 26.7 Å². The third-order valence-corrected chi connectivity index (χ3v) is 6.44. The van der Waals surface area contributed by atoms with Crippen molar-refractivity contribution in [3.63, 3.8) is 0 Å². The molecule has 0 bridgehead atoms. The van der Waals surface area contributed by atoms with E-state index in [-0.39, 0.29) is 45.1 Å². The van der Waals surface area contributed by atoms with Crippen LogP contribution in [0.3, 0.4) is 0 Å². The number of oxazole rings is 1. The number of nitrogens with two attached hydrogens (primary N) is 1. The van der Waals surface area contributed by atoms with Crippen LogP contribution in [0.2, 0.25) is 5.02 Å². The fraction of sp³-hybridized carbons (Fsp3) is 0.318. The molecule has 1 unspecified atom stereocenters. The van der Waals surface area contributed by atoms with E-state index in [1.54, 1.807) is 13.8 Å². The van der Waals surface area contributed by atoms with Gasteiger partial charge in [0.25, 0.3) is 0 Å². The first kappa shape index (κ1) is 24.9. The zero-order chi connectivity index (χ0) is 26.9. The van der Waals surface area contributed by atoms with E-state index < -0.39 is 36.3 Å². The second-order valence-electron chi connectivity index (χ2n) is 8.67. The van der Waals surface area contributed by atoms with Crippen LogP contribution >= 0.6 is 11.6 Å². The molecule has 0 saturated heterocycles. The van der Waals surface area contributed by atoms with Crippen LogP contribution < -0.4 is 11.1 Å². The van der Waals surface area contributed by atoms with Gasteiger partial charge in [0.2, 0.25) is 5.91 Å². The SMILES string of the molecule is Cc1nc(C2(C)C(=O)Nc3nc(-c4nc(CCC(F)(F)C(F)(F)F)n5cc(Cl)ccc45)nc(N)c32)co1.